The number of imidazole rings is 1. The molecule has 7 atom stereocenters. The predicted octanol–water partition coefficient (Wildman–Crippen LogP) is 4.82. The molecule has 1 aromatic heterocycles. The first-order valence-electron chi connectivity index (χ1n) is 10.4. The van der Waals surface area contributed by atoms with E-state index in [1.807, 2.05) is 12.4 Å². The van der Waals surface area contributed by atoms with Crippen LogP contribution < -0.4 is 0 Å². The molecule has 3 fully saturated rings. The summed E-state index contributed by atoms with van der Waals surface area (Å²) in [5, 5.41) is 10.1. The highest BCUT2D eigenvalue weighted by molar-refractivity contribution is 5.26. The zero-order chi connectivity index (χ0) is 17.2. The van der Waals surface area contributed by atoms with E-state index >= 15 is 0 Å². The van der Waals surface area contributed by atoms with Gasteiger partial charge in [0.25, 0.3) is 0 Å². The number of aliphatic hydroxyl groups excluding tert-OH is 1. The average Bonchev–Trinajstić information content (AvgIpc) is 3.22. The number of aromatic amines is 1. The van der Waals surface area contributed by atoms with Gasteiger partial charge in [0.1, 0.15) is 5.82 Å². The van der Waals surface area contributed by atoms with E-state index in [9.17, 15) is 5.11 Å². The van der Waals surface area contributed by atoms with Crippen molar-refractivity contribution in [1.29, 1.82) is 0 Å². The van der Waals surface area contributed by atoms with Gasteiger partial charge in [0.05, 0.1) is 6.10 Å². The molecule has 1 heterocycles. The molecule has 0 amide bonds. The van der Waals surface area contributed by atoms with Gasteiger partial charge in [-0.3, -0.25) is 0 Å². The average molecular weight is 341 g/mol. The van der Waals surface area contributed by atoms with E-state index in [4.69, 9.17) is 0 Å². The van der Waals surface area contributed by atoms with Crippen molar-refractivity contribution < 1.29 is 5.11 Å². The smallest absolute Gasteiger partial charge is 0.109 e. The summed E-state index contributed by atoms with van der Waals surface area (Å²) in [5.41, 5.74) is 2.35. The lowest BCUT2D eigenvalue weighted by atomic mass is 9.47. The molecular weight excluding hydrogens is 308 g/mol. The van der Waals surface area contributed by atoms with Crippen molar-refractivity contribution in [3.05, 3.63) is 29.9 Å². The minimum atomic E-state index is -0.0976. The number of hydrogen-bond acceptors (Lipinski definition) is 2. The predicted molar refractivity (Wildman–Crippen MR) is 99.0 cm³/mol. The second-order valence-corrected chi connectivity index (χ2v) is 9.80. The third-order valence-electron chi connectivity index (χ3n) is 8.93. The first-order chi connectivity index (χ1) is 12.0. The largest absolute Gasteiger partial charge is 0.393 e. The van der Waals surface area contributed by atoms with Gasteiger partial charge in [0.15, 0.2) is 0 Å². The number of fused-ring (bicyclic) bond motifs is 5. The van der Waals surface area contributed by atoms with Crippen molar-refractivity contribution >= 4 is 0 Å². The van der Waals surface area contributed by atoms with E-state index in [1.54, 1.807) is 5.57 Å². The first-order valence-corrected chi connectivity index (χ1v) is 10.4. The SMILES string of the molecule is C[C@]12CC[C@H]3[C@@H](CC=C4C[C@@H](O)CC[C@@]43C)[C@@H]1CC[C@@H]2c1ncc[nH]1. The van der Waals surface area contributed by atoms with Crippen LogP contribution in [-0.4, -0.2) is 21.2 Å². The number of H-pyrrole nitrogens is 1. The van der Waals surface area contributed by atoms with Gasteiger partial charge in [0, 0.05) is 18.3 Å². The number of hydrogen-bond donors (Lipinski definition) is 2. The molecule has 0 radical (unpaired) electrons. The topological polar surface area (TPSA) is 48.9 Å². The van der Waals surface area contributed by atoms with Gasteiger partial charge < -0.3 is 10.1 Å². The van der Waals surface area contributed by atoms with Crippen LogP contribution in [0.3, 0.4) is 0 Å². The Morgan fingerprint density at radius 2 is 2.00 bits per heavy atom. The summed E-state index contributed by atoms with van der Waals surface area (Å²) < 4.78 is 0. The van der Waals surface area contributed by atoms with Crippen molar-refractivity contribution in [2.24, 2.45) is 28.6 Å². The molecule has 4 aliphatic rings. The molecule has 0 unspecified atom stereocenters. The zero-order valence-corrected chi connectivity index (χ0v) is 15.7. The molecule has 3 heteroatoms. The van der Waals surface area contributed by atoms with E-state index in [0.717, 1.165) is 30.6 Å². The zero-order valence-electron chi connectivity index (χ0n) is 15.7. The van der Waals surface area contributed by atoms with Crippen molar-refractivity contribution in [3.8, 4) is 0 Å². The molecule has 136 valence electrons. The maximum atomic E-state index is 10.1. The number of nitrogens with zero attached hydrogens (tertiary/aromatic N) is 1. The van der Waals surface area contributed by atoms with Gasteiger partial charge in [-0.2, -0.15) is 0 Å². The van der Waals surface area contributed by atoms with Crippen LogP contribution in [0.15, 0.2) is 24.0 Å². The van der Waals surface area contributed by atoms with Gasteiger partial charge in [-0.25, -0.2) is 4.98 Å². The molecule has 0 spiro atoms. The first kappa shape index (κ1) is 16.1. The molecule has 3 saturated carbocycles. The van der Waals surface area contributed by atoms with Crippen LogP contribution in [0.2, 0.25) is 0 Å². The van der Waals surface area contributed by atoms with Gasteiger partial charge >= 0.3 is 0 Å². The van der Waals surface area contributed by atoms with Crippen molar-refractivity contribution in [3.63, 3.8) is 0 Å². The Kier molecular flexibility index (Phi) is 3.51. The van der Waals surface area contributed by atoms with Gasteiger partial charge in [0.2, 0.25) is 0 Å². The Morgan fingerprint density at radius 1 is 1.12 bits per heavy atom. The lowest BCUT2D eigenvalue weighted by Gasteiger charge is -2.57. The Morgan fingerprint density at radius 3 is 2.80 bits per heavy atom. The van der Waals surface area contributed by atoms with Crippen molar-refractivity contribution in [2.45, 2.75) is 77.2 Å². The Balaban J connectivity index is 1.47. The molecule has 0 aliphatic heterocycles. The maximum Gasteiger partial charge on any atom is 0.109 e. The number of aromatic nitrogens is 2. The Labute approximate surface area is 151 Å². The minimum absolute atomic E-state index is 0.0976. The molecule has 4 aliphatic carbocycles. The highest BCUT2D eigenvalue weighted by Crippen LogP contribution is 2.67. The van der Waals surface area contributed by atoms with Crippen LogP contribution in [0.25, 0.3) is 0 Å². The number of rotatable bonds is 1. The second-order valence-electron chi connectivity index (χ2n) is 9.80. The second kappa shape index (κ2) is 5.45. The molecule has 1 aromatic rings. The molecule has 5 rings (SSSR count). The van der Waals surface area contributed by atoms with Crippen LogP contribution in [0.4, 0.5) is 0 Å². The molecule has 25 heavy (non-hydrogen) atoms. The van der Waals surface area contributed by atoms with E-state index in [-0.39, 0.29) is 6.10 Å². The Bertz CT molecular complexity index is 680. The number of nitrogens with one attached hydrogen (secondary N) is 1. The maximum absolute atomic E-state index is 10.1. The third-order valence-corrected chi connectivity index (χ3v) is 8.93. The molecule has 0 aromatic carbocycles. The lowest BCUT2D eigenvalue weighted by Crippen LogP contribution is -2.50. The third kappa shape index (κ3) is 2.17. The molecule has 2 N–H and O–H groups in total. The van der Waals surface area contributed by atoms with Gasteiger partial charge in [-0.05, 0) is 80.0 Å². The highest BCUT2D eigenvalue weighted by atomic mass is 16.3. The van der Waals surface area contributed by atoms with Crippen molar-refractivity contribution in [2.75, 3.05) is 0 Å². The normalized spacial score (nSPS) is 49.1. The minimum Gasteiger partial charge on any atom is -0.393 e. The van der Waals surface area contributed by atoms with Gasteiger partial charge in [-0.15, -0.1) is 0 Å². The fourth-order valence-electron chi connectivity index (χ4n) is 7.56. The van der Waals surface area contributed by atoms with E-state index in [0.29, 0.717) is 16.7 Å². The van der Waals surface area contributed by atoms with Crippen LogP contribution >= 0.6 is 0 Å². The fourth-order valence-corrected chi connectivity index (χ4v) is 7.56. The molecular formula is C22H32N2O. The monoisotopic (exact) mass is 340 g/mol. The van der Waals surface area contributed by atoms with Crippen LogP contribution in [0, 0.1) is 28.6 Å². The number of aliphatic hydroxyl groups is 1. The summed E-state index contributed by atoms with van der Waals surface area (Å²) in [7, 11) is 0. The lowest BCUT2D eigenvalue weighted by molar-refractivity contribution is -0.0415. The molecule has 0 bridgehead atoms. The summed E-state index contributed by atoms with van der Waals surface area (Å²) >= 11 is 0. The quantitative estimate of drug-likeness (QED) is 0.720. The van der Waals surface area contributed by atoms with Crippen LogP contribution in [0.1, 0.15) is 77.0 Å². The summed E-state index contributed by atoms with van der Waals surface area (Å²) in [6, 6.07) is 0. The van der Waals surface area contributed by atoms with E-state index in [1.165, 1.54) is 44.3 Å². The van der Waals surface area contributed by atoms with Crippen LogP contribution in [0.5, 0.6) is 0 Å². The summed E-state index contributed by atoms with van der Waals surface area (Å²) in [6.07, 6.45) is 16.1. The van der Waals surface area contributed by atoms with E-state index < -0.39 is 0 Å². The summed E-state index contributed by atoms with van der Waals surface area (Å²) in [5.74, 6) is 4.33. The standard InChI is InChI=1S/C22H32N2O/c1-21-9-7-15(25)13-14(21)3-4-16-17-5-6-19(20-23-11-12-24-20)22(17,2)10-8-18(16)21/h3,11-12,15-19,25H,4-10,13H2,1-2H3,(H,23,24)/t15-,16-,17-,18-,19+,21-,22-/m0/s1. The molecule has 3 nitrogen and oxygen atoms in total. The van der Waals surface area contributed by atoms with Gasteiger partial charge in [-0.1, -0.05) is 25.5 Å². The fraction of sp³-hybridized carbons (Fsp3) is 0.773. The Hall–Kier alpha value is -1.09. The number of allylic oxidation sites excluding steroid dienone is 1. The molecule has 0 saturated heterocycles. The highest BCUT2D eigenvalue weighted by Gasteiger charge is 2.59. The van der Waals surface area contributed by atoms with Crippen LogP contribution in [-0.2, 0) is 0 Å². The summed E-state index contributed by atoms with van der Waals surface area (Å²) in [4.78, 5) is 8.05. The summed E-state index contributed by atoms with van der Waals surface area (Å²) in [6.45, 7) is 5.07. The van der Waals surface area contributed by atoms with Crippen molar-refractivity contribution in [1.82, 2.24) is 9.97 Å². The van der Waals surface area contributed by atoms with E-state index in [2.05, 4.69) is 29.9 Å².